The Morgan fingerprint density at radius 1 is 1.20 bits per heavy atom. The lowest BCUT2D eigenvalue weighted by Crippen LogP contribution is -2.02. The molecule has 0 aromatic heterocycles. The van der Waals surface area contributed by atoms with E-state index in [2.05, 4.69) is 11.4 Å². The van der Waals surface area contributed by atoms with Gasteiger partial charge in [0.25, 0.3) is 5.69 Å². The summed E-state index contributed by atoms with van der Waals surface area (Å²) in [4.78, 5) is 10.4. The summed E-state index contributed by atoms with van der Waals surface area (Å²) in [7, 11) is 0. The number of hydrogen-bond donors (Lipinski definition) is 1. The predicted octanol–water partition coefficient (Wildman–Crippen LogP) is 4.48. The fraction of sp³-hybridized carbons (Fsp3) is 0.200. The van der Waals surface area contributed by atoms with E-state index in [9.17, 15) is 10.1 Å². The summed E-state index contributed by atoms with van der Waals surface area (Å²) in [5, 5.41) is 14.5. The Bertz CT molecular complexity index is 656. The van der Waals surface area contributed by atoms with E-state index in [0.717, 1.165) is 11.3 Å². The number of benzene rings is 2. The van der Waals surface area contributed by atoms with Crippen LogP contribution in [0.2, 0.25) is 5.02 Å². The van der Waals surface area contributed by atoms with E-state index in [1.165, 1.54) is 17.7 Å². The molecule has 0 fully saturated rings. The third-order valence-electron chi connectivity index (χ3n) is 3.09. The second-order valence-electron chi connectivity index (χ2n) is 4.70. The van der Waals surface area contributed by atoms with Crippen molar-refractivity contribution in [2.75, 3.05) is 5.32 Å². The topological polar surface area (TPSA) is 55.2 Å². The quantitative estimate of drug-likeness (QED) is 0.667. The van der Waals surface area contributed by atoms with Crippen molar-refractivity contribution in [2.24, 2.45) is 0 Å². The second-order valence-corrected chi connectivity index (χ2v) is 5.11. The number of nitro groups is 1. The Balaban J connectivity index is 2.18. The summed E-state index contributed by atoms with van der Waals surface area (Å²) in [6.07, 6.45) is 0. The van der Waals surface area contributed by atoms with E-state index in [4.69, 9.17) is 11.6 Å². The van der Waals surface area contributed by atoms with Gasteiger partial charge in [-0.15, -0.1) is 0 Å². The third kappa shape index (κ3) is 3.27. The van der Waals surface area contributed by atoms with Crippen LogP contribution in [0.4, 0.5) is 11.4 Å². The molecule has 1 N–H and O–H groups in total. The van der Waals surface area contributed by atoms with Gasteiger partial charge in [-0.2, -0.15) is 0 Å². The van der Waals surface area contributed by atoms with Crippen molar-refractivity contribution in [3.63, 3.8) is 0 Å². The Labute approximate surface area is 122 Å². The average Bonchev–Trinajstić information content (AvgIpc) is 2.39. The molecule has 0 aliphatic carbocycles. The van der Waals surface area contributed by atoms with Gasteiger partial charge in [-0.05, 0) is 37.1 Å². The van der Waals surface area contributed by atoms with Crippen molar-refractivity contribution in [2.45, 2.75) is 20.4 Å². The standard InChI is InChI=1S/C15H15ClN2O2/c1-10-3-6-15(11(2)7-10)17-9-12-8-13(18(19)20)4-5-14(12)16/h3-8,17H,9H2,1-2H3. The highest BCUT2D eigenvalue weighted by Crippen LogP contribution is 2.24. The summed E-state index contributed by atoms with van der Waals surface area (Å²) in [5.74, 6) is 0. The van der Waals surface area contributed by atoms with Crippen molar-refractivity contribution < 1.29 is 4.92 Å². The van der Waals surface area contributed by atoms with Crippen molar-refractivity contribution >= 4 is 23.0 Å². The smallest absolute Gasteiger partial charge is 0.269 e. The molecular weight excluding hydrogens is 276 g/mol. The molecule has 2 aromatic carbocycles. The zero-order chi connectivity index (χ0) is 14.7. The van der Waals surface area contributed by atoms with Gasteiger partial charge in [-0.25, -0.2) is 0 Å². The van der Waals surface area contributed by atoms with Gasteiger partial charge in [-0.1, -0.05) is 29.3 Å². The van der Waals surface area contributed by atoms with Crippen LogP contribution >= 0.6 is 11.6 Å². The van der Waals surface area contributed by atoms with Gasteiger partial charge in [0.15, 0.2) is 0 Å². The Hall–Kier alpha value is -2.07. The number of nitrogens with one attached hydrogen (secondary N) is 1. The maximum atomic E-state index is 10.8. The lowest BCUT2D eigenvalue weighted by atomic mass is 10.1. The Morgan fingerprint density at radius 2 is 1.95 bits per heavy atom. The number of hydrogen-bond acceptors (Lipinski definition) is 3. The normalized spacial score (nSPS) is 10.3. The first-order chi connectivity index (χ1) is 9.47. The minimum Gasteiger partial charge on any atom is -0.381 e. The molecule has 4 nitrogen and oxygen atoms in total. The molecular formula is C15H15ClN2O2. The first-order valence-electron chi connectivity index (χ1n) is 6.21. The first kappa shape index (κ1) is 14.3. The summed E-state index contributed by atoms with van der Waals surface area (Å²) in [6, 6.07) is 10.6. The van der Waals surface area contributed by atoms with Crippen molar-refractivity contribution in [3.05, 3.63) is 68.2 Å². The molecule has 0 spiro atoms. The highest BCUT2D eigenvalue weighted by Gasteiger charge is 2.09. The van der Waals surface area contributed by atoms with E-state index in [-0.39, 0.29) is 5.69 Å². The Kier molecular flexibility index (Phi) is 4.25. The molecule has 104 valence electrons. The third-order valence-corrected chi connectivity index (χ3v) is 3.46. The number of rotatable bonds is 4. The largest absolute Gasteiger partial charge is 0.381 e. The van der Waals surface area contributed by atoms with Crippen LogP contribution in [0.25, 0.3) is 0 Å². The Morgan fingerprint density at radius 3 is 2.60 bits per heavy atom. The summed E-state index contributed by atoms with van der Waals surface area (Å²) in [5.41, 5.74) is 4.08. The van der Waals surface area contributed by atoms with Gasteiger partial charge in [0.05, 0.1) is 4.92 Å². The SMILES string of the molecule is Cc1ccc(NCc2cc([N+](=O)[O-])ccc2Cl)c(C)c1. The fourth-order valence-corrected chi connectivity index (χ4v) is 2.20. The van der Waals surface area contributed by atoms with Gasteiger partial charge in [0.2, 0.25) is 0 Å². The monoisotopic (exact) mass is 290 g/mol. The number of nitro benzene ring substituents is 1. The van der Waals surface area contributed by atoms with Crippen molar-refractivity contribution in [1.29, 1.82) is 0 Å². The van der Waals surface area contributed by atoms with Gasteiger partial charge in [0.1, 0.15) is 0 Å². The molecule has 0 saturated carbocycles. The minimum atomic E-state index is -0.420. The van der Waals surface area contributed by atoms with Crippen LogP contribution < -0.4 is 5.32 Å². The first-order valence-corrected chi connectivity index (χ1v) is 6.59. The van der Waals surface area contributed by atoms with Crippen LogP contribution in [0.5, 0.6) is 0 Å². The molecule has 5 heteroatoms. The second kappa shape index (κ2) is 5.92. The lowest BCUT2D eigenvalue weighted by molar-refractivity contribution is -0.384. The maximum absolute atomic E-state index is 10.8. The van der Waals surface area contributed by atoms with Gasteiger partial charge in [0, 0.05) is 29.4 Å². The van der Waals surface area contributed by atoms with Crippen molar-refractivity contribution in [1.82, 2.24) is 0 Å². The van der Waals surface area contributed by atoms with E-state index >= 15 is 0 Å². The highest BCUT2D eigenvalue weighted by molar-refractivity contribution is 6.31. The van der Waals surface area contributed by atoms with Crippen LogP contribution in [-0.4, -0.2) is 4.92 Å². The van der Waals surface area contributed by atoms with Crippen LogP contribution in [-0.2, 0) is 6.54 Å². The minimum absolute atomic E-state index is 0.0480. The number of nitrogens with zero attached hydrogens (tertiary/aromatic N) is 1. The number of halogens is 1. The molecule has 20 heavy (non-hydrogen) atoms. The molecule has 0 amide bonds. The van der Waals surface area contributed by atoms with Crippen molar-refractivity contribution in [3.8, 4) is 0 Å². The molecule has 0 bridgehead atoms. The molecule has 0 unspecified atom stereocenters. The zero-order valence-corrected chi connectivity index (χ0v) is 12.1. The van der Waals surface area contributed by atoms with Gasteiger partial charge in [-0.3, -0.25) is 10.1 Å². The maximum Gasteiger partial charge on any atom is 0.269 e. The lowest BCUT2D eigenvalue weighted by Gasteiger charge is -2.11. The van der Waals surface area contributed by atoms with E-state index in [0.29, 0.717) is 17.1 Å². The predicted molar refractivity (Wildman–Crippen MR) is 81.3 cm³/mol. The molecule has 2 rings (SSSR count). The summed E-state index contributed by atoms with van der Waals surface area (Å²) < 4.78 is 0. The molecule has 0 atom stereocenters. The molecule has 0 aliphatic heterocycles. The molecule has 0 radical (unpaired) electrons. The van der Waals surface area contributed by atoms with E-state index < -0.39 is 4.92 Å². The zero-order valence-electron chi connectivity index (χ0n) is 11.3. The molecule has 2 aromatic rings. The number of non-ortho nitro benzene ring substituents is 1. The number of anilines is 1. The average molecular weight is 291 g/mol. The number of aryl methyl sites for hydroxylation is 2. The molecule has 0 aliphatic rings. The van der Waals surface area contributed by atoms with Crippen LogP contribution in [0.15, 0.2) is 36.4 Å². The van der Waals surface area contributed by atoms with E-state index in [1.807, 2.05) is 26.0 Å². The van der Waals surface area contributed by atoms with Crippen LogP contribution in [0.1, 0.15) is 16.7 Å². The van der Waals surface area contributed by atoms with Crippen LogP contribution in [0, 0.1) is 24.0 Å². The highest BCUT2D eigenvalue weighted by atomic mass is 35.5. The van der Waals surface area contributed by atoms with Gasteiger partial charge >= 0.3 is 0 Å². The molecule has 0 heterocycles. The van der Waals surface area contributed by atoms with Crippen LogP contribution in [0.3, 0.4) is 0 Å². The van der Waals surface area contributed by atoms with Gasteiger partial charge < -0.3 is 5.32 Å². The summed E-state index contributed by atoms with van der Waals surface area (Å²) >= 11 is 6.07. The van der Waals surface area contributed by atoms with E-state index in [1.54, 1.807) is 6.07 Å². The fourth-order valence-electron chi connectivity index (χ4n) is 2.01. The molecule has 0 saturated heterocycles. The summed E-state index contributed by atoms with van der Waals surface area (Å²) in [6.45, 7) is 4.50.